The van der Waals surface area contributed by atoms with Crippen LogP contribution in [0.25, 0.3) is 0 Å². The van der Waals surface area contributed by atoms with E-state index in [1.807, 2.05) is 6.08 Å². The first-order valence-electron chi connectivity index (χ1n) is 7.88. The Labute approximate surface area is 172 Å². The third kappa shape index (κ3) is 15.3. The van der Waals surface area contributed by atoms with E-state index in [9.17, 15) is 0 Å². The van der Waals surface area contributed by atoms with Crippen molar-refractivity contribution in [2.45, 2.75) is 54.4 Å². The molecule has 3 aliphatic rings. The SMILES string of the molecule is CC1=CC(C)[C-]=C1.CC1=[C-]CC(C)=C1.CC1=[C-]CC(C)=C1.[CH3-].[CH3-].[Si]=[Ti]. The first-order valence-corrected chi connectivity index (χ1v) is 10.7. The summed E-state index contributed by atoms with van der Waals surface area (Å²) in [6.45, 7) is 12.6. The quantitative estimate of drug-likeness (QED) is 0.324. The monoisotopic (exact) mass is 385 g/mol. The Balaban J connectivity index is -0.000000266. The molecule has 0 saturated carbocycles. The second-order valence-corrected chi connectivity index (χ2v) is 6.06. The summed E-state index contributed by atoms with van der Waals surface area (Å²) in [6.07, 6.45) is 20.2. The Kier molecular flexibility index (Phi) is 19.6. The van der Waals surface area contributed by atoms with Gasteiger partial charge in [-0.1, -0.05) is 40.5 Å². The van der Waals surface area contributed by atoms with Gasteiger partial charge in [-0.05, 0) is 0 Å². The van der Waals surface area contributed by atoms with Gasteiger partial charge in [0.1, 0.15) is 0 Å². The molecular weight excluding hydrogens is 352 g/mol. The van der Waals surface area contributed by atoms with E-state index in [-0.39, 0.29) is 14.9 Å². The molecule has 2 radical (unpaired) electrons. The molecule has 0 aromatic rings. The molecule has 0 aromatic heterocycles. The molecule has 25 heavy (non-hydrogen) atoms. The van der Waals surface area contributed by atoms with Gasteiger partial charge in [-0.25, -0.2) is 34.9 Å². The molecule has 0 aliphatic heterocycles. The molecule has 3 rings (SSSR count). The Morgan fingerprint density at radius 3 is 1.36 bits per heavy atom. The first-order chi connectivity index (χ1) is 10.9. The van der Waals surface area contributed by atoms with Crippen LogP contribution in [-0.2, 0) is 19.2 Å². The van der Waals surface area contributed by atoms with Crippen molar-refractivity contribution < 1.29 is 19.2 Å². The van der Waals surface area contributed by atoms with E-state index >= 15 is 0 Å². The minimum atomic E-state index is 0. The van der Waals surface area contributed by atoms with Gasteiger partial charge in [0.2, 0.25) is 0 Å². The third-order valence-corrected chi connectivity index (χ3v) is 3.30. The van der Waals surface area contributed by atoms with E-state index in [4.69, 9.17) is 0 Å². The molecule has 0 saturated heterocycles. The maximum absolute atomic E-state index is 3.19. The summed E-state index contributed by atoms with van der Waals surface area (Å²) >= 11 is 1.81. The van der Waals surface area contributed by atoms with Crippen LogP contribution in [0.2, 0.25) is 0 Å². The molecule has 0 nitrogen and oxygen atoms in total. The fraction of sp³-hybridized carbons (Fsp3) is 0.391. The molecule has 0 fully saturated rings. The van der Waals surface area contributed by atoms with Crippen LogP contribution in [0, 0.1) is 39.0 Å². The van der Waals surface area contributed by atoms with Crippen molar-refractivity contribution in [3.8, 4) is 0 Å². The molecule has 138 valence electrons. The first kappa shape index (κ1) is 29.1. The summed E-state index contributed by atoms with van der Waals surface area (Å²) in [4.78, 5) is 0. The van der Waals surface area contributed by atoms with Gasteiger partial charge in [-0.3, -0.25) is 18.2 Å². The number of hydrogen-bond acceptors (Lipinski definition) is 0. The van der Waals surface area contributed by atoms with E-state index in [1.165, 1.54) is 27.9 Å². The van der Waals surface area contributed by atoms with Crippen LogP contribution >= 0.6 is 0 Å². The Morgan fingerprint density at radius 1 is 0.880 bits per heavy atom. The van der Waals surface area contributed by atoms with Crippen molar-refractivity contribution in [2.75, 3.05) is 0 Å². The van der Waals surface area contributed by atoms with Gasteiger partial charge in [0.05, 0.1) is 0 Å². The molecule has 0 N–H and O–H groups in total. The predicted molar refractivity (Wildman–Crippen MR) is 111 cm³/mol. The molecule has 3 aliphatic carbocycles. The summed E-state index contributed by atoms with van der Waals surface area (Å²) in [6, 6.07) is 0. The van der Waals surface area contributed by atoms with Gasteiger partial charge in [0.25, 0.3) is 0 Å². The number of hydrogen-bond donors (Lipinski definition) is 0. The van der Waals surface area contributed by atoms with Crippen LogP contribution in [0.15, 0.2) is 52.2 Å². The van der Waals surface area contributed by atoms with Crippen LogP contribution < -0.4 is 0 Å². The average molecular weight is 385 g/mol. The summed E-state index contributed by atoms with van der Waals surface area (Å²) in [5, 5.41) is 0. The van der Waals surface area contributed by atoms with Gasteiger partial charge >= 0.3 is 26.8 Å². The zero-order valence-electron chi connectivity index (χ0n) is 17.3. The summed E-state index contributed by atoms with van der Waals surface area (Å²) < 4.78 is 0. The van der Waals surface area contributed by atoms with Crippen molar-refractivity contribution in [1.82, 2.24) is 0 Å². The van der Waals surface area contributed by atoms with Crippen LogP contribution in [-0.4, -0.2) is 7.63 Å². The normalized spacial score (nSPS) is 18.8. The molecular formula is C23H33SiTi-5. The van der Waals surface area contributed by atoms with Crippen molar-refractivity contribution in [2.24, 2.45) is 5.92 Å². The molecule has 1 atom stereocenters. The molecule has 0 aromatic carbocycles. The molecule has 0 spiro atoms. The fourth-order valence-corrected chi connectivity index (χ4v) is 2.25. The molecule has 1 unspecified atom stereocenters. The molecule has 2 heteroatoms. The second-order valence-electron chi connectivity index (χ2n) is 6.06. The van der Waals surface area contributed by atoms with Crippen LogP contribution in [0.4, 0.5) is 0 Å². The van der Waals surface area contributed by atoms with E-state index in [0.717, 1.165) is 12.8 Å². The third-order valence-electron chi connectivity index (χ3n) is 3.30. The van der Waals surface area contributed by atoms with Crippen molar-refractivity contribution in [1.29, 1.82) is 0 Å². The van der Waals surface area contributed by atoms with Crippen molar-refractivity contribution in [3.05, 3.63) is 85.3 Å². The average Bonchev–Trinajstić information content (AvgIpc) is 3.18. The van der Waals surface area contributed by atoms with Gasteiger partial charge in [0, 0.05) is 0 Å². The molecule has 0 amide bonds. The maximum atomic E-state index is 3.19. The fourth-order valence-electron chi connectivity index (χ4n) is 2.25. The van der Waals surface area contributed by atoms with Gasteiger partial charge in [0.15, 0.2) is 0 Å². The number of allylic oxidation sites excluding steroid dienone is 12. The van der Waals surface area contributed by atoms with E-state index < -0.39 is 0 Å². The summed E-state index contributed by atoms with van der Waals surface area (Å²) in [7, 11) is 2.97. The van der Waals surface area contributed by atoms with E-state index in [1.54, 1.807) is 19.2 Å². The minimum absolute atomic E-state index is 0. The molecule has 0 bridgehead atoms. The van der Waals surface area contributed by atoms with Crippen molar-refractivity contribution >= 4 is 7.63 Å². The molecule has 0 heterocycles. The van der Waals surface area contributed by atoms with E-state index in [2.05, 4.69) is 85.6 Å². The van der Waals surface area contributed by atoms with Crippen molar-refractivity contribution in [3.63, 3.8) is 0 Å². The van der Waals surface area contributed by atoms with Crippen LogP contribution in [0.5, 0.6) is 0 Å². The van der Waals surface area contributed by atoms with Crippen LogP contribution in [0.1, 0.15) is 54.4 Å². The Bertz CT molecular complexity index is 523. The zero-order chi connectivity index (χ0) is 17.8. The second kappa shape index (κ2) is 16.8. The predicted octanol–water partition coefficient (Wildman–Crippen LogP) is 6.63. The van der Waals surface area contributed by atoms with Gasteiger partial charge in [-0.15, -0.1) is 19.8 Å². The van der Waals surface area contributed by atoms with Crippen LogP contribution in [0.3, 0.4) is 0 Å². The zero-order valence-corrected chi connectivity index (χ0v) is 19.9. The number of rotatable bonds is 0. The van der Waals surface area contributed by atoms with Gasteiger partial charge in [-0.2, -0.15) is 17.2 Å². The van der Waals surface area contributed by atoms with E-state index in [0.29, 0.717) is 5.92 Å². The Morgan fingerprint density at radius 2 is 1.28 bits per heavy atom. The topological polar surface area (TPSA) is 0 Å². The van der Waals surface area contributed by atoms with Gasteiger partial charge < -0.3 is 14.9 Å². The Hall–Kier alpha value is -0.629. The summed E-state index contributed by atoms with van der Waals surface area (Å²) in [5.74, 6) is 0.556. The summed E-state index contributed by atoms with van der Waals surface area (Å²) in [5.41, 5.74) is 6.78. The standard InChI is InChI=1S/3C7H9.2CH3.Si.Ti/c3*1-6-3-4-7(2)5-6;;;;/h2*5H,3H2,1-2H3;3,5,7H,1-2H3;2*1H3;;/q5*-1;;.